The van der Waals surface area contributed by atoms with Crippen LogP contribution in [0.25, 0.3) is 0 Å². The molecule has 58 valence electrons. The molecule has 11 heavy (non-hydrogen) atoms. The monoisotopic (exact) mass is 187 g/mol. The van der Waals surface area contributed by atoms with Crippen LogP contribution in [0.15, 0.2) is 34.5 Å². The van der Waals surface area contributed by atoms with E-state index in [1.807, 2.05) is 18.2 Å². The average Bonchev–Trinajstić information content (AvgIpc) is 2.28. The fourth-order valence-corrected chi connectivity index (χ4v) is 0.940. The highest BCUT2D eigenvalue weighted by Gasteiger charge is 1.93. The zero-order valence-electron chi connectivity index (χ0n) is 5.85. The molecule has 0 unspecified atom stereocenters. The van der Waals surface area contributed by atoms with E-state index in [1.165, 1.54) is 0 Å². The highest BCUT2D eigenvalue weighted by molar-refractivity contribution is 6.20. The van der Waals surface area contributed by atoms with Crippen LogP contribution in [-0.2, 0) is 0 Å². The van der Waals surface area contributed by atoms with Crippen molar-refractivity contribution in [3.63, 3.8) is 0 Å². The third kappa shape index (κ3) is 2.55. The molecule has 0 fully saturated rings. The molecule has 0 saturated heterocycles. The third-order valence-corrected chi connectivity index (χ3v) is 1.77. The van der Waals surface area contributed by atoms with Crippen molar-refractivity contribution in [3.8, 4) is 0 Å². The molecule has 0 radical (unpaired) electrons. The zero-order valence-corrected chi connectivity index (χ0v) is 7.36. The van der Waals surface area contributed by atoms with Crippen LogP contribution in [0, 0.1) is 0 Å². The number of nitrogens with zero attached hydrogens (tertiary/aromatic N) is 1. The molecule has 0 bridgehead atoms. The van der Waals surface area contributed by atoms with Gasteiger partial charge in [-0.3, -0.25) is 0 Å². The van der Waals surface area contributed by atoms with Gasteiger partial charge in [-0.05, 0) is 18.0 Å². The van der Waals surface area contributed by atoms with E-state index in [0.717, 1.165) is 11.3 Å². The Labute approximate surface area is 75.7 Å². The lowest BCUT2D eigenvalue weighted by Gasteiger charge is -1.85. The molecular formula is C8H7Cl2N. The van der Waals surface area contributed by atoms with Crippen LogP contribution in [0.3, 0.4) is 0 Å². The average molecular weight is 188 g/mol. The Morgan fingerprint density at radius 1 is 1.36 bits per heavy atom. The smallest absolute Gasteiger partial charge is 0.0655 e. The normalized spacial score (nSPS) is 15.8. The predicted octanol–water partition coefficient (Wildman–Crippen LogP) is 2.51. The van der Waals surface area contributed by atoms with E-state index in [-0.39, 0.29) is 0 Å². The number of aliphatic imine (C=N–C) groups is 1. The summed E-state index contributed by atoms with van der Waals surface area (Å²) in [6.45, 7) is 0. The Kier molecular flexibility index (Phi) is 3.44. The minimum absolute atomic E-state index is 0.410. The SMILES string of the molecule is ClCC1=C=NC(CCl)=CC=C1. The second-order valence-electron chi connectivity index (χ2n) is 2.03. The lowest BCUT2D eigenvalue weighted by atomic mass is 10.3. The summed E-state index contributed by atoms with van der Waals surface area (Å²) in [6, 6.07) is 0. The minimum Gasteiger partial charge on any atom is -0.209 e. The second kappa shape index (κ2) is 4.40. The highest BCUT2D eigenvalue weighted by Crippen LogP contribution is 2.05. The Hall–Kier alpha value is -0.490. The summed E-state index contributed by atoms with van der Waals surface area (Å²) in [5, 5.41) is 0. The van der Waals surface area contributed by atoms with Crippen LogP contribution in [-0.4, -0.2) is 17.6 Å². The number of hydrogen-bond acceptors (Lipinski definition) is 1. The maximum absolute atomic E-state index is 5.58. The Balaban J connectivity index is 2.87. The first kappa shape index (κ1) is 8.61. The van der Waals surface area contributed by atoms with Gasteiger partial charge >= 0.3 is 0 Å². The standard InChI is InChI=1S/C8H7Cl2N/c9-4-7-2-1-3-8(5-10)11-6-7/h1-3H,4-5H2. The van der Waals surface area contributed by atoms with Gasteiger partial charge in [0.25, 0.3) is 0 Å². The Morgan fingerprint density at radius 2 is 2.18 bits per heavy atom. The van der Waals surface area contributed by atoms with Crippen molar-refractivity contribution in [3.05, 3.63) is 29.5 Å². The van der Waals surface area contributed by atoms with Crippen molar-refractivity contribution < 1.29 is 0 Å². The molecule has 0 aromatic rings. The van der Waals surface area contributed by atoms with Gasteiger partial charge in [-0.25, -0.2) is 4.99 Å². The molecule has 0 aliphatic carbocycles. The molecule has 1 nitrogen and oxygen atoms in total. The highest BCUT2D eigenvalue weighted by atomic mass is 35.5. The van der Waals surface area contributed by atoms with Gasteiger partial charge in [0, 0.05) is 5.57 Å². The van der Waals surface area contributed by atoms with Crippen LogP contribution >= 0.6 is 23.2 Å². The van der Waals surface area contributed by atoms with Crippen LogP contribution < -0.4 is 0 Å². The fraction of sp³-hybridized carbons (Fsp3) is 0.250. The molecule has 0 aromatic heterocycles. The zero-order chi connectivity index (χ0) is 8.10. The van der Waals surface area contributed by atoms with Gasteiger partial charge in [0.15, 0.2) is 0 Å². The molecule has 0 atom stereocenters. The van der Waals surface area contributed by atoms with Crippen molar-refractivity contribution in [1.29, 1.82) is 0 Å². The summed E-state index contributed by atoms with van der Waals surface area (Å²) in [5.74, 6) is 3.65. The lowest BCUT2D eigenvalue weighted by Crippen LogP contribution is -1.79. The number of hydrogen-bond donors (Lipinski definition) is 0. The second-order valence-corrected chi connectivity index (χ2v) is 2.57. The van der Waals surface area contributed by atoms with Crippen LogP contribution in [0.5, 0.6) is 0 Å². The molecule has 3 heteroatoms. The minimum atomic E-state index is 0.410. The van der Waals surface area contributed by atoms with Crippen molar-refractivity contribution >= 4 is 29.1 Å². The Morgan fingerprint density at radius 3 is 2.82 bits per heavy atom. The maximum atomic E-state index is 5.58. The van der Waals surface area contributed by atoms with Gasteiger partial charge in [0.05, 0.1) is 17.5 Å². The summed E-state index contributed by atoms with van der Waals surface area (Å²) >= 11 is 11.1. The maximum Gasteiger partial charge on any atom is 0.0655 e. The number of rotatable bonds is 2. The van der Waals surface area contributed by atoms with Gasteiger partial charge in [0.2, 0.25) is 0 Å². The van der Waals surface area contributed by atoms with Crippen molar-refractivity contribution in [2.75, 3.05) is 11.8 Å². The first-order chi connectivity index (χ1) is 5.36. The number of halogens is 2. The van der Waals surface area contributed by atoms with Gasteiger partial charge in [-0.2, -0.15) is 0 Å². The van der Waals surface area contributed by atoms with Crippen LogP contribution in [0.4, 0.5) is 0 Å². The van der Waals surface area contributed by atoms with E-state index in [2.05, 4.69) is 10.9 Å². The predicted molar refractivity (Wildman–Crippen MR) is 49.6 cm³/mol. The van der Waals surface area contributed by atoms with E-state index < -0.39 is 0 Å². The summed E-state index contributed by atoms with van der Waals surface area (Å²) in [6.07, 6.45) is 5.59. The molecule has 1 heterocycles. The molecule has 0 amide bonds. The van der Waals surface area contributed by atoms with Gasteiger partial charge in [-0.1, -0.05) is 6.08 Å². The fourth-order valence-electron chi connectivity index (χ4n) is 0.642. The summed E-state index contributed by atoms with van der Waals surface area (Å²) in [5.41, 5.74) is 1.69. The topological polar surface area (TPSA) is 12.4 Å². The molecule has 1 rings (SSSR count). The van der Waals surface area contributed by atoms with Gasteiger partial charge in [0.1, 0.15) is 0 Å². The molecule has 0 saturated carbocycles. The third-order valence-electron chi connectivity index (χ3n) is 1.21. The lowest BCUT2D eigenvalue weighted by molar-refractivity contribution is 1.33. The van der Waals surface area contributed by atoms with E-state index in [4.69, 9.17) is 23.2 Å². The summed E-state index contributed by atoms with van der Waals surface area (Å²) in [4.78, 5) is 3.99. The van der Waals surface area contributed by atoms with Crippen LogP contribution in [0.2, 0.25) is 0 Å². The molecule has 0 aromatic carbocycles. The van der Waals surface area contributed by atoms with Crippen molar-refractivity contribution in [1.82, 2.24) is 0 Å². The van der Waals surface area contributed by atoms with Crippen LogP contribution in [0.1, 0.15) is 0 Å². The molecular weight excluding hydrogens is 181 g/mol. The number of alkyl halides is 2. The quantitative estimate of drug-likeness (QED) is 0.590. The summed E-state index contributed by atoms with van der Waals surface area (Å²) in [7, 11) is 0. The van der Waals surface area contributed by atoms with Crippen molar-refractivity contribution in [2.45, 2.75) is 0 Å². The largest absolute Gasteiger partial charge is 0.209 e. The van der Waals surface area contributed by atoms with E-state index in [0.29, 0.717) is 11.8 Å². The molecule has 0 spiro atoms. The Bertz CT molecular complexity index is 257. The van der Waals surface area contributed by atoms with Gasteiger partial charge in [-0.15, -0.1) is 23.2 Å². The molecule has 1 aliphatic heterocycles. The first-order valence-corrected chi connectivity index (χ1v) is 4.25. The molecule has 0 N–H and O–H groups in total. The van der Waals surface area contributed by atoms with E-state index in [9.17, 15) is 0 Å². The van der Waals surface area contributed by atoms with E-state index in [1.54, 1.807) is 0 Å². The summed E-state index contributed by atoms with van der Waals surface area (Å²) < 4.78 is 0. The van der Waals surface area contributed by atoms with Crippen molar-refractivity contribution in [2.24, 2.45) is 4.99 Å². The first-order valence-electron chi connectivity index (χ1n) is 3.18. The van der Waals surface area contributed by atoms with E-state index >= 15 is 0 Å². The number of allylic oxidation sites excluding steroid dienone is 5. The molecule has 1 aliphatic rings. The van der Waals surface area contributed by atoms with Gasteiger partial charge < -0.3 is 0 Å².